The summed E-state index contributed by atoms with van der Waals surface area (Å²) in [5.41, 5.74) is 3.28. The Hall–Kier alpha value is -4.24. The number of hydrazone groups is 1. The monoisotopic (exact) mass is 498 g/mol. The second kappa shape index (κ2) is 12.3. The largest absolute Gasteiger partial charge is 0.493 e. The second-order valence-electron chi connectivity index (χ2n) is 6.91. The number of hydrogen-bond acceptors (Lipinski definition) is 8. The van der Waals surface area contributed by atoms with Crippen molar-refractivity contribution in [3.63, 3.8) is 0 Å². The van der Waals surface area contributed by atoms with E-state index in [1.807, 2.05) is 0 Å². The topological polar surface area (TPSA) is 105 Å². The van der Waals surface area contributed by atoms with Crippen LogP contribution in [0, 0.1) is 0 Å². The van der Waals surface area contributed by atoms with Gasteiger partial charge in [0.25, 0.3) is 5.91 Å². The van der Waals surface area contributed by atoms with Gasteiger partial charge in [-0.3, -0.25) is 4.79 Å². The van der Waals surface area contributed by atoms with E-state index in [0.717, 1.165) is 0 Å². The number of hydrogen-bond donors (Lipinski definition) is 1. The summed E-state index contributed by atoms with van der Waals surface area (Å²) in [7, 11) is 4.40. The Morgan fingerprint density at radius 1 is 0.886 bits per heavy atom. The fraction of sp³-hybridized carbons (Fsp3) is 0.160. The number of methoxy groups -OCH3 is 3. The number of carbonyl (C=O) groups is 2. The average molecular weight is 499 g/mol. The van der Waals surface area contributed by atoms with Crippen LogP contribution in [0.2, 0.25) is 5.02 Å². The van der Waals surface area contributed by atoms with E-state index in [9.17, 15) is 9.59 Å². The van der Waals surface area contributed by atoms with Gasteiger partial charge in [-0.1, -0.05) is 11.6 Å². The Bertz CT molecular complexity index is 1170. The third-order valence-electron chi connectivity index (χ3n) is 4.58. The lowest BCUT2D eigenvalue weighted by molar-refractivity contribution is -0.123. The maximum atomic E-state index is 12.6. The zero-order valence-corrected chi connectivity index (χ0v) is 20.0. The van der Waals surface area contributed by atoms with Gasteiger partial charge in [-0.15, -0.1) is 0 Å². The number of benzene rings is 3. The Kier molecular flexibility index (Phi) is 8.91. The quantitative estimate of drug-likeness (QED) is 0.194. The molecule has 0 saturated carbocycles. The van der Waals surface area contributed by atoms with Crippen LogP contribution in [0.1, 0.15) is 15.9 Å². The van der Waals surface area contributed by atoms with Gasteiger partial charge in [0, 0.05) is 5.02 Å². The first-order valence-electron chi connectivity index (χ1n) is 10.3. The van der Waals surface area contributed by atoms with Gasteiger partial charge in [-0.25, -0.2) is 10.2 Å². The molecule has 0 unspecified atom stereocenters. The van der Waals surface area contributed by atoms with Crippen LogP contribution in [-0.2, 0) is 4.79 Å². The number of rotatable bonds is 10. The minimum absolute atomic E-state index is 0.200. The smallest absolute Gasteiger partial charge is 0.343 e. The first-order valence-corrected chi connectivity index (χ1v) is 10.6. The minimum atomic E-state index is -0.598. The van der Waals surface area contributed by atoms with Gasteiger partial charge in [0.1, 0.15) is 11.5 Å². The number of nitrogens with one attached hydrogen (secondary N) is 1. The van der Waals surface area contributed by atoms with Crippen molar-refractivity contribution < 1.29 is 33.3 Å². The van der Waals surface area contributed by atoms with Crippen molar-refractivity contribution in [3.05, 3.63) is 76.8 Å². The highest BCUT2D eigenvalue weighted by Gasteiger charge is 2.18. The maximum Gasteiger partial charge on any atom is 0.343 e. The van der Waals surface area contributed by atoms with Crippen LogP contribution < -0.4 is 29.1 Å². The SMILES string of the molecule is COc1cc(C(=O)Oc2ccc(/C=N/NC(=O)COc3ccc(Cl)cc3)cc2)cc(OC)c1OC. The fourth-order valence-corrected chi connectivity index (χ4v) is 3.00. The Morgan fingerprint density at radius 2 is 1.49 bits per heavy atom. The van der Waals surface area contributed by atoms with Crippen molar-refractivity contribution in [1.29, 1.82) is 0 Å². The molecule has 3 aromatic carbocycles. The van der Waals surface area contributed by atoms with Crippen LogP contribution in [0.15, 0.2) is 65.8 Å². The molecule has 0 aliphatic heterocycles. The number of halogens is 1. The van der Waals surface area contributed by atoms with Crippen molar-refractivity contribution in [2.24, 2.45) is 5.10 Å². The highest BCUT2D eigenvalue weighted by molar-refractivity contribution is 6.30. The number of carbonyl (C=O) groups excluding carboxylic acids is 2. The van der Waals surface area contributed by atoms with Crippen LogP contribution in [0.5, 0.6) is 28.7 Å². The molecule has 0 spiro atoms. The molecule has 35 heavy (non-hydrogen) atoms. The molecule has 0 aromatic heterocycles. The molecule has 0 bridgehead atoms. The predicted octanol–water partition coefficient (Wildman–Crippen LogP) is 4.11. The van der Waals surface area contributed by atoms with Crippen LogP contribution in [0.4, 0.5) is 0 Å². The average Bonchev–Trinajstić information content (AvgIpc) is 2.88. The number of esters is 1. The Labute approximate surface area is 207 Å². The van der Waals surface area contributed by atoms with Gasteiger partial charge in [0.2, 0.25) is 5.75 Å². The standard InChI is InChI=1S/C25H23ClN2O7/c1-31-21-12-17(13-22(32-2)24(21)33-3)25(30)35-20-8-4-16(5-9-20)14-27-28-23(29)15-34-19-10-6-18(26)7-11-19/h4-14H,15H2,1-3H3,(H,28,29)/b27-14+. The van der Waals surface area contributed by atoms with Crippen LogP contribution in [0.25, 0.3) is 0 Å². The second-order valence-corrected chi connectivity index (χ2v) is 7.34. The molecular weight excluding hydrogens is 476 g/mol. The molecule has 182 valence electrons. The van der Waals surface area contributed by atoms with Crippen LogP contribution >= 0.6 is 11.6 Å². The van der Waals surface area contributed by atoms with E-state index in [0.29, 0.717) is 39.3 Å². The van der Waals surface area contributed by atoms with Crippen molar-refractivity contribution in [3.8, 4) is 28.7 Å². The predicted molar refractivity (Wildman–Crippen MR) is 130 cm³/mol. The van der Waals surface area contributed by atoms with E-state index < -0.39 is 11.9 Å². The zero-order valence-electron chi connectivity index (χ0n) is 19.2. The fourth-order valence-electron chi connectivity index (χ4n) is 2.88. The molecule has 10 heteroatoms. The summed E-state index contributed by atoms with van der Waals surface area (Å²) in [5.74, 6) is 0.869. The summed E-state index contributed by atoms with van der Waals surface area (Å²) in [6, 6.07) is 16.2. The molecular formula is C25H23ClN2O7. The third-order valence-corrected chi connectivity index (χ3v) is 4.83. The molecule has 0 radical (unpaired) electrons. The van der Waals surface area contributed by atoms with Gasteiger partial charge < -0.3 is 23.7 Å². The van der Waals surface area contributed by atoms with Crippen molar-refractivity contribution >= 4 is 29.7 Å². The molecule has 9 nitrogen and oxygen atoms in total. The summed E-state index contributed by atoms with van der Waals surface area (Å²) >= 11 is 5.80. The van der Waals surface area contributed by atoms with Crippen molar-refractivity contribution in [2.75, 3.05) is 27.9 Å². The van der Waals surface area contributed by atoms with Gasteiger partial charge in [0.05, 0.1) is 33.1 Å². The summed E-state index contributed by atoms with van der Waals surface area (Å²) in [5, 5.41) is 4.46. The minimum Gasteiger partial charge on any atom is -0.493 e. The molecule has 0 saturated heterocycles. The van der Waals surface area contributed by atoms with Crippen molar-refractivity contribution in [2.45, 2.75) is 0 Å². The lowest BCUT2D eigenvalue weighted by Gasteiger charge is -2.13. The zero-order chi connectivity index (χ0) is 25.2. The van der Waals surface area contributed by atoms with E-state index in [4.69, 9.17) is 35.3 Å². The summed E-state index contributed by atoms with van der Waals surface area (Å²) < 4.78 is 26.5. The molecule has 0 atom stereocenters. The van der Waals surface area contributed by atoms with Gasteiger partial charge in [-0.05, 0) is 66.2 Å². The lowest BCUT2D eigenvalue weighted by atomic mass is 10.2. The first kappa shape index (κ1) is 25.4. The van der Waals surface area contributed by atoms with Crippen LogP contribution in [0.3, 0.4) is 0 Å². The summed E-state index contributed by atoms with van der Waals surface area (Å²) in [6.07, 6.45) is 1.45. The van der Waals surface area contributed by atoms with E-state index in [1.54, 1.807) is 48.5 Å². The third kappa shape index (κ3) is 7.12. The number of amides is 1. The molecule has 0 aliphatic carbocycles. The molecule has 0 fully saturated rings. The van der Waals surface area contributed by atoms with E-state index >= 15 is 0 Å². The molecule has 1 amide bonds. The molecule has 0 aliphatic rings. The Balaban J connectivity index is 1.54. The van der Waals surface area contributed by atoms with Gasteiger partial charge >= 0.3 is 5.97 Å². The van der Waals surface area contributed by atoms with E-state index in [-0.39, 0.29) is 12.2 Å². The molecule has 1 N–H and O–H groups in total. The normalized spacial score (nSPS) is 10.5. The van der Waals surface area contributed by atoms with Gasteiger partial charge in [-0.2, -0.15) is 5.10 Å². The summed E-state index contributed by atoms with van der Waals surface area (Å²) in [6.45, 7) is -0.200. The van der Waals surface area contributed by atoms with E-state index in [1.165, 1.54) is 39.7 Å². The maximum absolute atomic E-state index is 12.6. The molecule has 3 rings (SSSR count). The lowest BCUT2D eigenvalue weighted by Crippen LogP contribution is -2.24. The number of nitrogens with zero attached hydrogens (tertiary/aromatic N) is 1. The highest BCUT2D eigenvalue weighted by atomic mass is 35.5. The van der Waals surface area contributed by atoms with Crippen molar-refractivity contribution in [1.82, 2.24) is 5.43 Å². The van der Waals surface area contributed by atoms with Gasteiger partial charge in [0.15, 0.2) is 18.1 Å². The Morgan fingerprint density at radius 3 is 2.06 bits per heavy atom. The number of ether oxygens (including phenoxy) is 5. The highest BCUT2D eigenvalue weighted by Crippen LogP contribution is 2.38. The summed E-state index contributed by atoms with van der Waals surface area (Å²) in [4.78, 5) is 24.5. The first-order chi connectivity index (χ1) is 16.9. The molecule has 3 aromatic rings. The molecule has 0 heterocycles. The van der Waals surface area contributed by atoms with Crippen LogP contribution in [-0.4, -0.2) is 46.0 Å². The van der Waals surface area contributed by atoms with E-state index in [2.05, 4.69) is 10.5 Å².